The van der Waals surface area contributed by atoms with Gasteiger partial charge in [-0.3, -0.25) is 0 Å². The summed E-state index contributed by atoms with van der Waals surface area (Å²) in [6.07, 6.45) is -0.719. The van der Waals surface area contributed by atoms with Gasteiger partial charge in [-0.2, -0.15) is 0 Å². The predicted octanol–water partition coefficient (Wildman–Crippen LogP) is -0.263. The first kappa shape index (κ1) is 16.2. The van der Waals surface area contributed by atoms with Gasteiger partial charge >= 0.3 is 0 Å². The quantitative estimate of drug-likeness (QED) is 0.504. The number of hydrogen-bond acceptors (Lipinski definition) is 5. The van der Waals surface area contributed by atoms with Crippen molar-refractivity contribution in [2.24, 2.45) is 0 Å². The van der Waals surface area contributed by atoms with Crippen LogP contribution in [-0.2, 0) is 9.47 Å². The summed E-state index contributed by atoms with van der Waals surface area (Å²) >= 11 is 0. The molecule has 0 aliphatic carbocycles. The molecule has 0 rings (SSSR count). The zero-order valence-corrected chi connectivity index (χ0v) is 8.06. The lowest BCUT2D eigenvalue weighted by atomic mass is 10.3. The third kappa shape index (κ3) is 5.51. The number of aliphatic hydroxyl groups excluding tert-OH is 3. The highest BCUT2D eigenvalue weighted by atomic mass is 16.7. The van der Waals surface area contributed by atoms with E-state index in [1.54, 1.807) is 13.8 Å². The van der Waals surface area contributed by atoms with Gasteiger partial charge in [0.25, 0.3) is 0 Å². The highest BCUT2D eigenvalue weighted by Crippen LogP contribution is 2.14. The van der Waals surface area contributed by atoms with Gasteiger partial charge in [0.05, 0.1) is 19.8 Å². The van der Waals surface area contributed by atoms with Crippen LogP contribution in [0.3, 0.4) is 0 Å². The molecule has 0 heterocycles. The number of rotatable bonds is 7. The van der Waals surface area contributed by atoms with Gasteiger partial charge in [0, 0.05) is 6.61 Å². The van der Waals surface area contributed by atoms with Crippen LogP contribution in [0.1, 0.15) is 21.3 Å². The maximum Gasteiger partial charge on any atom is 0.189 e. The van der Waals surface area contributed by atoms with Crippen LogP contribution < -0.4 is 0 Å². The Bertz CT molecular complexity index is 126. The topological polar surface area (TPSA) is 79.2 Å². The summed E-state index contributed by atoms with van der Waals surface area (Å²) in [5.41, 5.74) is 0. The Morgan fingerprint density at radius 2 is 1.71 bits per heavy atom. The Morgan fingerprint density at radius 3 is 2.00 bits per heavy atom. The number of ether oxygens (including phenoxy) is 2. The van der Waals surface area contributed by atoms with Crippen LogP contribution in [0.15, 0.2) is 0 Å². The molecule has 0 fully saturated rings. The average Bonchev–Trinajstić information content (AvgIpc) is 2.15. The lowest BCUT2D eigenvalue weighted by Crippen LogP contribution is -2.42. The van der Waals surface area contributed by atoms with E-state index in [0.717, 1.165) is 0 Å². The monoisotopic (exact) mass is 210 g/mol. The molecule has 0 aliphatic heterocycles. The molecule has 0 amide bonds. The maximum atomic E-state index is 8.94. The zero-order chi connectivity index (χ0) is 10.3. The van der Waals surface area contributed by atoms with Crippen molar-refractivity contribution < 1.29 is 24.8 Å². The highest BCUT2D eigenvalue weighted by molar-refractivity contribution is 4.65. The van der Waals surface area contributed by atoms with Crippen LogP contribution in [0.25, 0.3) is 0 Å². The van der Waals surface area contributed by atoms with Crippen molar-refractivity contribution in [3.63, 3.8) is 0 Å². The summed E-state index contributed by atoms with van der Waals surface area (Å²) in [5.74, 6) is -1.15. The van der Waals surface area contributed by atoms with Crippen LogP contribution in [0.2, 0.25) is 0 Å². The molecule has 88 valence electrons. The van der Waals surface area contributed by atoms with Crippen molar-refractivity contribution >= 4 is 0 Å². The van der Waals surface area contributed by atoms with Gasteiger partial charge < -0.3 is 24.8 Å². The first-order valence-corrected chi connectivity index (χ1v) is 4.26. The van der Waals surface area contributed by atoms with E-state index in [4.69, 9.17) is 24.8 Å². The van der Waals surface area contributed by atoms with Crippen molar-refractivity contribution in [3.05, 3.63) is 0 Å². The first-order valence-electron chi connectivity index (χ1n) is 4.26. The molecule has 0 aromatic heterocycles. The van der Waals surface area contributed by atoms with Gasteiger partial charge in [-0.05, 0) is 13.8 Å². The van der Waals surface area contributed by atoms with Crippen LogP contribution in [0, 0.1) is 0 Å². The van der Waals surface area contributed by atoms with E-state index in [1.807, 2.05) is 0 Å². The molecule has 0 bridgehead atoms. The van der Waals surface area contributed by atoms with E-state index in [-0.39, 0.29) is 27.2 Å². The van der Waals surface area contributed by atoms with Crippen LogP contribution in [0.5, 0.6) is 0 Å². The van der Waals surface area contributed by atoms with Crippen LogP contribution >= 0.6 is 0 Å². The molecule has 0 saturated carbocycles. The molecule has 0 saturated heterocycles. The molecule has 1 atom stereocenters. The fourth-order valence-corrected chi connectivity index (χ4v) is 0.907. The fraction of sp³-hybridized carbons (Fsp3) is 1.00. The maximum absolute atomic E-state index is 8.94. The van der Waals surface area contributed by atoms with Gasteiger partial charge in [-0.25, -0.2) is 0 Å². The van der Waals surface area contributed by atoms with Gasteiger partial charge in [0.1, 0.15) is 6.10 Å². The normalized spacial score (nSPS) is 15.0. The Balaban J connectivity index is 0. The number of hydrogen-bond donors (Lipinski definition) is 3. The van der Waals surface area contributed by atoms with Crippen molar-refractivity contribution in [2.75, 3.05) is 26.4 Å². The summed E-state index contributed by atoms with van der Waals surface area (Å²) < 4.78 is 10.3. The molecular formula is C9H22O5. The SMILES string of the molecule is C.CCOC(C)(CO)OC(CO)CO. The standard InChI is InChI=1S/C8H18O5.CH4/c1-3-12-8(2,6-11)13-7(4-9)5-10;/h7,9-11H,3-6H2,1-2H3;1H4. The second-order valence-corrected chi connectivity index (χ2v) is 2.83. The lowest BCUT2D eigenvalue weighted by molar-refractivity contribution is -0.270. The summed E-state index contributed by atoms with van der Waals surface area (Å²) in [7, 11) is 0. The average molecular weight is 210 g/mol. The Labute approximate surface area is 85.3 Å². The molecule has 0 aromatic rings. The molecule has 5 heteroatoms. The van der Waals surface area contributed by atoms with E-state index in [2.05, 4.69) is 0 Å². The van der Waals surface area contributed by atoms with E-state index in [0.29, 0.717) is 6.61 Å². The molecule has 1 unspecified atom stereocenters. The third-order valence-electron chi connectivity index (χ3n) is 1.56. The minimum absolute atomic E-state index is 0. The van der Waals surface area contributed by atoms with E-state index in [1.165, 1.54) is 0 Å². The predicted molar refractivity (Wildman–Crippen MR) is 52.9 cm³/mol. The van der Waals surface area contributed by atoms with E-state index in [9.17, 15) is 0 Å². The largest absolute Gasteiger partial charge is 0.394 e. The van der Waals surface area contributed by atoms with Gasteiger partial charge in [-0.15, -0.1) is 0 Å². The minimum Gasteiger partial charge on any atom is -0.394 e. The van der Waals surface area contributed by atoms with Crippen molar-refractivity contribution in [1.29, 1.82) is 0 Å². The summed E-state index contributed by atoms with van der Waals surface area (Å²) in [6.45, 7) is 2.77. The second kappa shape index (κ2) is 8.14. The Morgan fingerprint density at radius 1 is 1.21 bits per heavy atom. The van der Waals surface area contributed by atoms with Gasteiger partial charge in [-0.1, -0.05) is 7.43 Å². The van der Waals surface area contributed by atoms with Crippen LogP contribution in [0.4, 0.5) is 0 Å². The summed E-state index contributed by atoms with van der Waals surface area (Å²) in [5, 5.41) is 26.4. The highest BCUT2D eigenvalue weighted by Gasteiger charge is 2.28. The smallest absolute Gasteiger partial charge is 0.189 e. The molecule has 0 aromatic carbocycles. The lowest BCUT2D eigenvalue weighted by Gasteiger charge is -2.30. The van der Waals surface area contributed by atoms with E-state index >= 15 is 0 Å². The van der Waals surface area contributed by atoms with Gasteiger partial charge in [0.15, 0.2) is 5.79 Å². The molecule has 14 heavy (non-hydrogen) atoms. The molecule has 3 N–H and O–H groups in total. The van der Waals surface area contributed by atoms with Crippen molar-refractivity contribution in [1.82, 2.24) is 0 Å². The molecule has 5 nitrogen and oxygen atoms in total. The number of aliphatic hydroxyl groups is 3. The van der Waals surface area contributed by atoms with E-state index < -0.39 is 11.9 Å². The zero-order valence-electron chi connectivity index (χ0n) is 8.06. The summed E-state index contributed by atoms with van der Waals surface area (Å²) in [4.78, 5) is 0. The van der Waals surface area contributed by atoms with Gasteiger partial charge in [0.2, 0.25) is 0 Å². The fourth-order valence-electron chi connectivity index (χ4n) is 0.907. The molecule has 0 aliphatic rings. The van der Waals surface area contributed by atoms with Crippen molar-refractivity contribution in [2.45, 2.75) is 33.2 Å². The first-order chi connectivity index (χ1) is 6.11. The minimum atomic E-state index is -1.15. The molecular weight excluding hydrogens is 188 g/mol. The van der Waals surface area contributed by atoms with Crippen LogP contribution in [-0.4, -0.2) is 53.6 Å². The third-order valence-corrected chi connectivity index (χ3v) is 1.56. The Hall–Kier alpha value is -0.200. The second-order valence-electron chi connectivity index (χ2n) is 2.83. The summed E-state index contributed by atoms with van der Waals surface area (Å²) in [6, 6.07) is 0. The molecule has 0 spiro atoms. The Kier molecular flexibility index (Phi) is 9.44. The molecule has 0 radical (unpaired) electrons. The van der Waals surface area contributed by atoms with Crippen molar-refractivity contribution in [3.8, 4) is 0 Å².